The number of amides is 1. The van der Waals surface area contributed by atoms with Crippen LogP contribution in [0.15, 0.2) is 35.7 Å². The van der Waals surface area contributed by atoms with Crippen LogP contribution < -0.4 is 10.1 Å². The maximum absolute atomic E-state index is 11.8. The molecule has 1 heterocycles. The van der Waals surface area contributed by atoms with Crippen LogP contribution in [0.3, 0.4) is 0 Å². The lowest BCUT2D eigenvalue weighted by Gasteiger charge is -2.07. The monoisotopic (exact) mass is 274 g/mol. The van der Waals surface area contributed by atoms with Gasteiger partial charge in [-0.1, -0.05) is 12.1 Å². The van der Waals surface area contributed by atoms with Gasteiger partial charge in [0.25, 0.3) is 0 Å². The van der Waals surface area contributed by atoms with Crippen molar-refractivity contribution in [2.24, 2.45) is 0 Å². The van der Waals surface area contributed by atoms with Crippen molar-refractivity contribution in [1.29, 1.82) is 0 Å². The van der Waals surface area contributed by atoms with Crippen molar-refractivity contribution in [2.75, 3.05) is 12.4 Å². The number of thiazole rings is 1. The molecule has 0 atom stereocenters. The van der Waals surface area contributed by atoms with Gasteiger partial charge in [-0.25, -0.2) is 4.98 Å². The third-order valence-corrected chi connectivity index (χ3v) is 3.20. The number of nitrogens with one attached hydrogen (secondary N) is 1. The Morgan fingerprint density at radius 3 is 2.89 bits per heavy atom. The normalized spacial score (nSPS) is 10.6. The zero-order valence-corrected chi connectivity index (χ0v) is 11.5. The fourth-order valence-corrected chi connectivity index (χ4v) is 2.12. The van der Waals surface area contributed by atoms with Crippen molar-refractivity contribution >= 4 is 29.0 Å². The maximum Gasteiger partial charge on any atom is 0.248 e. The number of aryl methyl sites for hydroxylation is 1. The number of anilines is 1. The molecule has 0 bridgehead atoms. The molecule has 0 unspecified atom stereocenters. The molecule has 19 heavy (non-hydrogen) atoms. The highest BCUT2D eigenvalue weighted by atomic mass is 32.1. The van der Waals surface area contributed by atoms with Crippen molar-refractivity contribution in [1.82, 2.24) is 4.98 Å². The summed E-state index contributed by atoms with van der Waals surface area (Å²) in [6.45, 7) is 1.93. The van der Waals surface area contributed by atoms with Gasteiger partial charge in [0.15, 0.2) is 0 Å². The van der Waals surface area contributed by atoms with Crippen LogP contribution in [0.4, 0.5) is 5.69 Å². The lowest BCUT2D eigenvalue weighted by molar-refractivity contribution is -0.111. The molecule has 1 N–H and O–H groups in total. The molecular weight excluding hydrogens is 260 g/mol. The zero-order chi connectivity index (χ0) is 13.7. The molecule has 0 saturated heterocycles. The first-order chi connectivity index (χ1) is 9.19. The predicted molar refractivity (Wildman–Crippen MR) is 77.5 cm³/mol. The van der Waals surface area contributed by atoms with Crippen LogP contribution in [-0.4, -0.2) is 18.0 Å². The Morgan fingerprint density at radius 2 is 2.21 bits per heavy atom. The van der Waals surface area contributed by atoms with E-state index >= 15 is 0 Å². The van der Waals surface area contributed by atoms with Gasteiger partial charge in [0.1, 0.15) is 5.75 Å². The smallest absolute Gasteiger partial charge is 0.248 e. The molecule has 1 aromatic carbocycles. The van der Waals surface area contributed by atoms with Gasteiger partial charge in [-0.05, 0) is 25.1 Å². The molecule has 0 fully saturated rings. The molecule has 0 spiro atoms. The largest absolute Gasteiger partial charge is 0.495 e. The summed E-state index contributed by atoms with van der Waals surface area (Å²) >= 11 is 1.55. The summed E-state index contributed by atoms with van der Waals surface area (Å²) in [5, 5.41) is 5.65. The standard InChI is InChI=1S/C14H14N2O2S/c1-10-15-11(9-19-10)7-8-14(17)16-12-5-3-4-6-13(12)18-2/h3-9H,1-2H3,(H,16,17)/b8-7+. The highest BCUT2D eigenvalue weighted by Crippen LogP contribution is 2.22. The number of carbonyl (C=O) groups is 1. The number of rotatable bonds is 4. The lowest BCUT2D eigenvalue weighted by Crippen LogP contribution is -2.08. The molecule has 0 saturated carbocycles. The number of benzene rings is 1. The van der Waals surface area contributed by atoms with Crippen molar-refractivity contribution in [3.05, 3.63) is 46.4 Å². The van der Waals surface area contributed by atoms with E-state index in [1.54, 1.807) is 36.7 Å². The Labute approximate surface area is 115 Å². The molecule has 0 aliphatic carbocycles. The SMILES string of the molecule is COc1ccccc1NC(=O)/C=C/c1csc(C)n1. The fourth-order valence-electron chi connectivity index (χ4n) is 1.54. The first kappa shape index (κ1) is 13.3. The summed E-state index contributed by atoms with van der Waals surface area (Å²) in [6, 6.07) is 7.27. The highest BCUT2D eigenvalue weighted by molar-refractivity contribution is 7.09. The van der Waals surface area contributed by atoms with Gasteiger partial charge in [-0.15, -0.1) is 11.3 Å². The van der Waals surface area contributed by atoms with Crippen LogP contribution in [0.25, 0.3) is 6.08 Å². The minimum atomic E-state index is -0.213. The van der Waals surface area contributed by atoms with Crippen molar-refractivity contribution < 1.29 is 9.53 Å². The number of methoxy groups -OCH3 is 1. The van der Waals surface area contributed by atoms with Crippen LogP contribution in [0.5, 0.6) is 5.75 Å². The number of hydrogen-bond acceptors (Lipinski definition) is 4. The first-order valence-electron chi connectivity index (χ1n) is 5.73. The summed E-state index contributed by atoms with van der Waals surface area (Å²) < 4.78 is 5.16. The molecule has 0 radical (unpaired) electrons. The van der Waals surface area contributed by atoms with Gasteiger partial charge in [0.2, 0.25) is 5.91 Å². The third-order valence-electron chi connectivity index (χ3n) is 2.41. The minimum absolute atomic E-state index is 0.213. The van der Waals surface area contributed by atoms with Gasteiger partial charge in [-0.3, -0.25) is 4.79 Å². The number of aromatic nitrogens is 1. The van der Waals surface area contributed by atoms with Gasteiger partial charge < -0.3 is 10.1 Å². The summed E-state index contributed by atoms with van der Waals surface area (Å²) in [6.07, 6.45) is 3.15. The quantitative estimate of drug-likeness (QED) is 0.871. The van der Waals surface area contributed by atoms with Crippen molar-refractivity contribution in [3.63, 3.8) is 0 Å². The maximum atomic E-state index is 11.8. The van der Waals surface area contributed by atoms with E-state index in [1.165, 1.54) is 6.08 Å². The molecule has 1 aromatic heterocycles. The van der Waals surface area contributed by atoms with E-state index in [9.17, 15) is 4.79 Å². The van der Waals surface area contributed by atoms with E-state index in [0.717, 1.165) is 10.7 Å². The van der Waals surface area contributed by atoms with E-state index in [-0.39, 0.29) is 5.91 Å². The summed E-state index contributed by atoms with van der Waals surface area (Å²) in [5.74, 6) is 0.420. The number of para-hydroxylation sites is 2. The number of carbonyl (C=O) groups excluding carboxylic acids is 1. The molecule has 98 valence electrons. The van der Waals surface area contributed by atoms with Crippen molar-refractivity contribution in [2.45, 2.75) is 6.92 Å². The molecule has 2 rings (SSSR count). The first-order valence-corrected chi connectivity index (χ1v) is 6.61. The van der Waals surface area contributed by atoms with E-state index in [1.807, 2.05) is 24.4 Å². The van der Waals surface area contributed by atoms with Gasteiger partial charge in [0, 0.05) is 11.5 Å². The average Bonchev–Trinajstić information content (AvgIpc) is 2.83. The molecule has 5 heteroatoms. The zero-order valence-electron chi connectivity index (χ0n) is 10.7. The second-order valence-corrected chi connectivity index (χ2v) is 4.88. The van der Waals surface area contributed by atoms with Crippen LogP contribution in [0.2, 0.25) is 0 Å². The van der Waals surface area contributed by atoms with E-state index in [2.05, 4.69) is 10.3 Å². The third kappa shape index (κ3) is 3.66. The Hall–Kier alpha value is -2.14. The Morgan fingerprint density at radius 1 is 1.42 bits per heavy atom. The Balaban J connectivity index is 2.03. The summed E-state index contributed by atoms with van der Waals surface area (Å²) in [5.41, 5.74) is 1.44. The number of hydrogen-bond donors (Lipinski definition) is 1. The van der Waals surface area contributed by atoms with Crippen LogP contribution in [-0.2, 0) is 4.79 Å². The highest BCUT2D eigenvalue weighted by Gasteiger charge is 2.04. The number of nitrogens with zero attached hydrogens (tertiary/aromatic N) is 1. The molecule has 4 nitrogen and oxygen atoms in total. The molecule has 0 aliphatic rings. The Kier molecular flexibility index (Phi) is 4.30. The molecule has 0 aliphatic heterocycles. The van der Waals surface area contributed by atoms with E-state index in [4.69, 9.17) is 4.74 Å². The minimum Gasteiger partial charge on any atom is -0.495 e. The predicted octanol–water partition coefficient (Wildman–Crippen LogP) is 3.11. The molecule has 2 aromatic rings. The van der Waals surface area contributed by atoms with Gasteiger partial charge in [-0.2, -0.15) is 0 Å². The van der Waals surface area contributed by atoms with Crippen LogP contribution in [0, 0.1) is 6.92 Å². The van der Waals surface area contributed by atoms with Gasteiger partial charge in [0.05, 0.1) is 23.5 Å². The molecular formula is C14H14N2O2S. The molecule has 1 amide bonds. The van der Waals surface area contributed by atoms with Gasteiger partial charge >= 0.3 is 0 Å². The van der Waals surface area contributed by atoms with E-state index in [0.29, 0.717) is 11.4 Å². The topological polar surface area (TPSA) is 51.2 Å². The van der Waals surface area contributed by atoms with Crippen LogP contribution in [0.1, 0.15) is 10.7 Å². The number of ether oxygens (including phenoxy) is 1. The summed E-state index contributed by atoms with van der Waals surface area (Å²) in [4.78, 5) is 16.0. The fraction of sp³-hybridized carbons (Fsp3) is 0.143. The second-order valence-electron chi connectivity index (χ2n) is 3.81. The second kappa shape index (κ2) is 6.15. The van der Waals surface area contributed by atoms with E-state index < -0.39 is 0 Å². The van der Waals surface area contributed by atoms with Crippen LogP contribution >= 0.6 is 11.3 Å². The average molecular weight is 274 g/mol. The van der Waals surface area contributed by atoms with Crippen molar-refractivity contribution in [3.8, 4) is 5.75 Å². The lowest BCUT2D eigenvalue weighted by atomic mass is 10.3. The Bertz CT molecular complexity index is 605. The summed E-state index contributed by atoms with van der Waals surface area (Å²) in [7, 11) is 1.57.